The summed E-state index contributed by atoms with van der Waals surface area (Å²) in [6, 6.07) is 10.9. The number of H-pyrrole nitrogens is 1. The van der Waals surface area contributed by atoms with Crippen molar-refractivity contribution in [1.29, 1.82) is 0 Å². The van der Waals surface area contributed by atoms with E-state index in [0.29, 0.717) is 22.9 Å². The topological polar surface area (TPSA) is 84.5 Å². The number of aromatic amines is 1. The average Bonchev–Trinajstić information content (AvgIpc) is 3.50. The Kier molecular flexibility index (Phi) is 4.51. The van der Waals surface area contributed by atoms with Gasteiger partial charge in [-0.15, -0.1) is 8.78 Å². The lowest BCUT2D eigenvalue weighted by Crippen LogP contribution is -2.28. The molecule has 164 valence electrons. The van der Waals surface area contributed by atoms with E-state index in [2.05, 4.69) is 19.4 Å². The van der Waals surface area contributed by atoms with E-state index in [9.17, 15) is 18.4 Å². The summed E-state index contributed by atoms with van der Waals surface area (Å²) in [5, 5.41) is 0. The van der Waals surface area contributed by atoms with Crippen LogP contribution in [0.5, 0.6) is 11.5 Å². The van der Waals surface area contributed by atoms with Gasteiger partial charge in [0.1, 0.15) is 5.82 Å². The zero-order valence-corrected chi connectivity index (χ0v) is 17.3. The normalized spacial score (nSPS) is 16.1. The predicted octanol–water partition coefficient (Wildman–Crippen LogP) is 4.45. The molecule has 7 nitrogen and oxygen atoms in total. The van der Waals surface area contributed by atoms with Gasteiger partial charge in [0.15, 0.2) is 11.5 Å². The minimum Gasteiger partial charge on any atom is -0.395 e. The van der Waals surface area contributed by atoms with Crippen molar-refractivity contribution >= 4 is 17.4 Å². The molecule has 9 heteroatoms. The smallest absolute Gasteiger partial charge is 0.395 e. The molecule has 0 bridgehead atoms. The van der Waals surface area contributed by atoms with Crippen molar-refractivity contribution in [2.24, 2.45) is 5.92 Å². The molecule has 0 radical (unpaired) electrons. The molecular formula is C23H19F2N3O4. The van der Waals surface area contributed by atoms with Gasteiger partial charge in [-0.2, -0.15) is 0 Å². The highest BCUT2D eigenvalue weighted by Gasteiger charge is 2.44. The van der Waals surface area contributed by atoms with E-state index < -0.39 is 6.29 Å². The fourth-order valence-electron chi connectivity index (χ4n) is 3.72. The molecule has 2 aliphatic rings. The van der Waals surface area contributed by atoms with E-state index in [1.54, 1.807) is 19.1 Å². The molecule has 5 rings (SSSR count). The van der Waals surface area contributed by atoms with Crippen molar-refractivity contribution in [3.8, 4) is 22.8 Å². The molecule has 32 heavy (non-hydrogen) atoms. The van der Waals surface area contributed by atoms with Crippen LogP contribution in [0.3, 0.4) is 0 Å². The average molecular weight is 439 g/mol. The third kappa shape index (κ3) is 3.70. The number of benzene rings is 1. The predicted molar refractivity (Wildman–Crippen MR) is 112 cm³/mol. The number of hydrogen-bond donors (Lipinski definition) is 1. The molecule has 3 aromatic rings. The zero-order chi connectivity index (χ0) is 22.6. The van der Waals surface area contributed by atoms with E-state index in [4.69, 9.17) is 0 Å². The van der Waals surface area contributed by atoms with Crippen molar-refractivity contribution in [2.45, 2.75) is 33.0 Å². The number of fused-ring (bicyclic) bond motifs is 1. The van der Waals surface area contributed by atoms with Crippen molar-refractivity contribution in [1.82, 2.24) is 9.97 Å². The van der Waals surface area contributed by atoms with Gasteiger partial charge in [-0.1, -0.05) is 0 Å². The number of hydrogen-bond acceptors (Lipinski definition) is 5. The molecule has 1 fully saturated rings. The monoisotopic (exact) mass is 439 g/mol. The maximum absolute atomic E-state index is 13.5. The van der Waals surface area contributed by atoms with Gasteiger partial charge in [0, 0.05) is 29.3 Å². The molecule has 0 unspecified atom stereocenters. The summed E-state index contributed by atoms with van der Waals surface area (Å²) in [7, 11) is 0. The summed E-state index contributed by atoms with van der Waals surface area (Å²) in [4.78, 5) is 33.7. The number of aromatic nitrogens is 2. The second-order valence-electron chi connectivity index (χ2n) is 8.00. The van der Waals surface area contributed by atoms with Gasteiger partial charge >= 0.3 is 6.29 Å². The Balaban J connectivity index is 1.62. The summed E-state index contributed by atoms with van der Waals surface area (Å²) >= 11 is 0. The summed E-state index contributed by atoms with van der Waals surface area (Å²) in [6.45, 7) is 3.64. The minimum atomic E-state index is -3.75. The number of carbonyl (C=O) groups excluding carboxylic acids is 1. The van der Waals surface area contributed by atoms with Crippen LogP contribution in [-0.2, 0) is 4.79 Å². The number of aryl methyl sites for hydroxylation is 2. The third-order valence-corrected chi connectivity index (χ3v) is 5.37. The van der Waals surface area contributed by atoms with Gasteiger partial charge in [0.2, 0.25) is 11.5 Å². The van der Waals surface area contributed by atoms with Gasteiger partial charge < -0.3 is 14.5 Å². The van der Waals surface area contributed by atoms with Crippen LogP contribution in [0, 0.1) is 19.8 Å². The molecule has 3 heterocycles. The van der Waals surface area contributed by atoms with Gasteiger partial charge in [-0.05, 0) is 62.6 Å². The quantitative estimate of drug-likeness (QED) is 0.649. The van der Waals surface area contributed by atoms with Gasteiger partial charge in [-0.3, -0.25) is 14.5 Å². The minimum absolute atomic E-state index is 0.0978. The van der Waals surface area contributed by atoms with Crippen LogP contribution in [-0.4, -0.2) is 22.2 Å². The number of halogens is 2. The number of alkyl halides is 2. The Morgan fingerprint density at radius 2 is 1.84 bits per heavy atom. The van der Waals surface area contributed by atoms with Crippen molar-refractivity contribution in [2.75, 3.05) is 4.90 Å². The standard InChI is InChI=1S/C23H19F2N3O4/c1-12-9-17(16-6-8-21(29)26-13(16)2)27-20(10-12)28(22(30)14-3-4-14)15-5-7-18-19(11-15)32-23(24,25)31-18/h5-11,14H,3-4H2,1-2H3,(H,26,29). The van der Waals surface area contributed by atoms with Gasteiger partial charge in [-0.25, -0.2) is 4.98 Å². The van der Waals surface area contributed by atoms with E-state index in [0.717, 1.165) is 24.0 Å². The van der Waals surface area contributed by atoms with Crippen molar-refractivity contribution in [3.63, 3.8) is 0 Å². The van der Waals surface area contributed by atoms with Gasteiger partial charge in [0.05, 0.1) is 11.4 Å². The van der Waals surface area contributed by atoms with Crippen LogP contribution in [0.1, 0.15) is 24.1 Å². The molecule has 2 aromatic heterocycles. The molecule has 1 saturated carbocycles. The molecule has 1 aliphatic heterocycles. The lowest BCUT2D eigenvalue weighted by Gasteiger charge is -2.23. The highest BCUT2D eigenvalue weighted by Crippen LogP contribution is 2.45. The number of amides is 1. The Morgan fingerprint density at radius 3 is 2.56 bits per heavy atom. The second kappa shape index (κ2) is 7.15. The lowest BCUT2D eigenvalue weighted by atomic mass is 10.1. The number of nitrogens with one attached hydrogen (secondary N) is 1. The van der Waals surface area contributed by atoms with Crippen LogP contribution < -0.4 is 19.9 Å². The Morgan fingerprint density at radius 1 is 1.09 bits per heavy atom. The van der Waals surface area contributed by atoms with Crippen molar-refractivity contribution < 1.29 is 23.0 Å². The van der Waals surface area contributed by atoms with E-state index in [1.165, 1.54) is 29.2 Å². The fraction of sp³-hybridized carbons (Fsp3) is 0.261. The lowest BCUT2D eigenvalue weighted by molar-refractivity contribution is -0.286. The largest absolute Gasteiger partial charge is 0.586 e. The van der Waals surface area contributed by atoms with E-state index in [1.807, 2.05) is 13.0 Å². The second-order valence-corrected chi connectivity index (χ2v) is 8.00. The molecule has 0 atom stereocenters. The third-order valence-electron chi connectivity index (χ3n) is 5.37. The summed E-state index contributed by atoms with van der Waals surface area (Å²) in [5.41, 5.74) is 2.92. The van der Waals surface area contributed by atoms with Crippen LogP contribution in [0.4, 0.5) is 20.3 Å². The van der Waals surface area contributed by atoms with Crippen LogP contribution >= 0.6 is 0 Å². The number of nitrogens with zero attached hydrogens (tertiary/aromatic N) is 2. The van der Waals surface area contributed by atoms with E-state index in [-0.39, 0.29) is 28.9 Å². The fourth-order valence-corrected chi connectivity index (χ4v) is 3.72. The molecule has 0 saturated heterocycles. The molecule has 0 spiro atoms. The zero-order valence-electron chi connectivity index (χ0n) is 17.3. The number of rotatable bonds is 4. The van der Waals surface area contributed by atoms with E-state index >= 15 is 0 Å². The maximum atomic E-state index is 13.5. The first-order valence-electron chi connectivity index (χ1n) is 10.1. The Labute approximate surface area is 181 Å². The Hall–Kier alpha value is -3.75. The maximum Gasteiger partial charge on any atom is 0.586 e. The first kappa shape index (κ1) is 20.2. The first-order chi connectivity index (χ1) is 15.2. The number of ether oxygens (including phenoxy) is 2. The SMILES string of the molecule is Cc1cc(-c2ccc(=O)[nH]c2C)nc(N(C(=O)C2CC2)c2ccc3c(c2)OC(F)(F)O3)c1. The molecule has 1 aromatic carbocycles. The van der Waals surface area contributed by atoms with Gasteiger partial charge in [0.25, 0.3) is 0 Å². The number of carbonyl (C=O) groups is 1. The first-order valence-corrected chi connectivity index (χ1v) is 10.1. The molecule has 1 N–H and O–H groups in total. The molecular weight excluding hydrogens is 420 g/mol. The molecule has 1 aliphatic carbocycles. The van der Waals surface area contributed by atoms with Crippen LogP contribution in [0.15, 0.2) is 47.3 Å². The summed E-state index contributed by atoms with van der Waals surface area (Å²) < 4.78 is 36.0. The highest BCUT2D eigenvalue weighted by atomic mass is 19.3. The number of anilines is 2. The van der Waals surface area contributed by atoms with Crippen LogP contribution in [0.2, 0.25) is 0 Å². The van der Waals surface area contributed by atoms with Crippen LogP contribution in [0.25, 0.3) is 11.3 Å². The van der Waals surface area contributed by atoms with Crippen molar-refractivity contribution in [3.05, 3.63) is 64.1 Å². The highest BCUT2D eigenvalue weighted by molar-refractivity contribution is 6.02. The summed E-state index contributed by atoms with van der Waals surface area (Å²) in [5.74, 6) is -0.210. The molecule has 1 amide bonds. The Bertz CT molecular complexity index is 1300. The number of pyridine rings is 2. The summed E-state index contributed by atoms with van der Waals surface area (Å²) in [6.07, 6.45) is -2.23.